The lowest BCUT2D eigenvalue weighted by molar-refractivity contribution is 0.242. The van der Waals surface area contributed by atoms with E-state index in [4.69, 9.17) is 4.98 Å². The molecule has 0 saturated carbocycles. The van der Waals surface area contributed by atoms with Crippen LogP contribution in [0.2, 0.25) is 0 Å². The van der Waals surface area contributed by atoms with Crippen LogP contribution in [0.5, 0.6) is 0 Å². The Bertz CT molecular complexity index is 739. The highest BCUT2D eigenvalue weighted by Gasteiger charge is 2.25. The van der Waals surface area contributed by atoms with Crippen LogP contribution in [0.4, 0.5) is 0 Å². The SMILES string of the molecule is Cc1ccsc1CN1CCc2nc(C(C)(C)C)[nH]c(=O)c2C1. The van der Waals surface area contributed by atoms with E-state index >= 15 is 0 Å². The second-order valence-corrected chi connectivity index (χ2v) is 8.08. The van der Waals surface area contributed by atoms with E-state index < -0.39 is 0 Å². The molecule has 0 amide bonds. The topological polar surface area (TPSA) is 49.0 Å². The Morgan fingerprint density at radius 3 is 2.82 bits per heavy atom. The molecule has 1 aliphatic rings. The molecule has 0 atom stereocenters. The van der Waals surface area contributed by atoms with Gasteiger partial charge < -0.3 is 4.98 Å². The molecular weight excluding hydrogens is 294 g/mol. The van der Waals surface area contributed by atoms with E-state index in [9.17, 15) is 4.79 Å². The second kappa shape index (κ2) is 5.63. The summed E-state index contributed by atoms with van der Waals surface area (Å²) in [6.45, 7) is 11.0. The summed E-state index contributed by atoms with van der Waals surface area (Å²) in [6, 6.07) is 2.15. The van der Waals surface area contributed by atoms with Gasteiger partial charge >= 0.3 is 0 Å². The molecule has 0 aliphatic carbocycles. The van der Waals surface area contributed by atoms with E-state index in [1.165, 1.54) is 10.4 Å². The monoisotopic (exact) mass is 317 g/mol. The van der Waals surface area contributed by atoms with Crippen molar-refractivity contribution in [2.75, 3.05) is 6.54 Å². The smallest absolute Gasteiger partial charge is 0.255 e. The molecule has 0 unspecified atom stereocenters. The number of hydrogen-bond acceptors (Lipinski definition) is 4. The molecule has 118 valence electrons. The molecule has 0 bridgehead atoms. The maximum Gasteiger partial charge on any atom is 0.255 e. The van der Waals surface area contributed by atoms with Crippen LogP contribution in [0.1, 0.15) is 48.3 Å². The molecule has 0 radical (unpaired) electrons. The third-order valence-corrected chi connectivity index (χ3v) is 5.20. The van der Waals surface area contributed by atoms with Gasteiger partial charge in [0.15, 0.2) is 0 Å². The summed E-state index contributed by atoms with van der Waals surface area (Å²) < 4.78 is 0. The molecular formula is C17H23N3OS. The summed E-state index contributed by atoms with van der Waals surface area (Å²) in [4.78, 5) is 23.8. The van der Waals surface area contributed by atoms with Crippen LogP contribution in [-0.2, 0) is 24.9 Å². The number of aromatic nitrogens is 2. The Morgan fingerprint density at radius 1 is 1.41 bits per heavy atom. The van der Waals surface area contributed by atoms with Crippen molar-refractivity contribution >= 4 is 11.3 Å². The van der Waals surface area contributed by atoms with Gasteiger partial charge in [-0.2, -0.15) is 0 Å². The van der Waals surface area contributed by atoms with Gasteiger partial charge in [-0.1, -0.05) is 20.8 Å². The Hall–Kier alpha value is -1.46. The van der Waals surface area contributed by atoms with Gasteiger partial charge in [-0.3, -0.25) is 9.69 Å². The first-order valence-corrected chi connectivity index (χ1v) is 8.60. The number of hydrogen-bond donors (Lipinski definition) is 1. The van der Waals surface area contributed by atoms with Gasteiger partial charge in [-0.15, -0.1) is 11.3 Å². The second-order valence-electron chi connectivity index (χ2n) is 7.08. The molecule has 4 nitrogen and oxygen atoms in total. The Balaban J connectivity index is 1.85. The van der Waals surface area contributed by atoms with Crippen molar-refractivity contribution in [2.24, 2.45) is 0 Å². The minimum absolute atomic E-state index is 0.0301. The van der Waals surface area contributed by atoms with Crippen molar-refractivity contribution in [1.82, 2.24) is 14.9 Å². The highest BCUT2D eigenvalue weighted by molar-refractivity contribution is 7.10. The van der Waals surface area contributed by atoms with Gasteiger partial charge in [0.25, 0.3) is 5.56 Å². The number of nitrogens with zero attached hydrogens (tertiary/aromatic N) is 2. The summed E-state index contributed by atoms with van der Waals surface area (Å²) in [7, 11) is 0. The first kappa shape index (κ1) is 15.4. The van der Waals surface area contributed by atoms with Crippen LogP contribution in [0.3, 0.4) is 0 Å². The lowest BCUT2D eigenvalue weighted by Gasteiger charge is -2.28. The molecule has 0 spiro atoms. The van der Waals surface area contributed by atoms with Crippen LogP contribution < -0.4 is 5.56 Å². The van der Waals surface area contributed by atoms with Gasteiger partial charge in [-0.05, 0) is 23.9 Å². The maximum absolute atomic E-state index is 12.4. The normalized spacial score (nSPS) is 15.8. The molecule has 1 aliphatic heterocycles. The molecule has 0 saturated heterocycles. The van der Waals surface area contributed by atoms with E-state index in [1.807, 2.05) is 0 Å². The molecule has 0 aromatic carbocycles. The molecule has 22 heavy (non-hydrogen) atoms. The number of rotatable bonds is 2. The van der Waals surface area contributed by atoms with Crippen LogP contribution in [0, 0.1) is 6.92 Å². The van der Waals surface area contributed by atoms with Crippen LogP contribution >= 0.6 is 11.3 Å². The average Bonchev–Trinajstić information content (AvgIpc) is 2.84. The number of nitrogens with one attached hydrogen (secondary N) is 1. The predicted octanol–water partition coefficient (Wildman–Crippen LogP) is 3.00. The number of aromatic amines is 1. The molecule has 2 aromatic rings. The Kier molecular flexibility index (Phi) is 3.95. The fourth-order valence-corrected chi connectivity index (χ4v) is 3.69. The average molecular weight is 317 g/mol. The van der Waals surface area contributed by atoms with Crippen molar-refractivity contribution in [3.63, 3.8) is 0 Å². The summed E-state index contributed by atoms with van der Waals surface area (Å²) in [6.07, 6.45) is 0.854. The van der Waals surface area contributed by atoms with Crippen molar-refractivity contribution in [3.8, 4) is 0 Å². The molecule has 2 aromatic heterocycles. The number of H-pyrrole nitrogens is 1. The lowest BCUT2D eigenvalue weighted by atomic mass is 9.95. The number of fused-ring (bicyclic) bond motifs is 1. The van der Waals surface area contributed by atoms with Crippen LogP contribution in [-0.4, -0.2) is 21.4 Å². The molecule has 1 N–H and O–H groups in total. The summed E-state index contributed by atoms with van der Waals surface area (Å²) in [5.41, 5.74) is 3.06. The first-order valence-electron chi connectivity index (χ1n) is 7.72. The van der Waals surface area contributed by atoms with Crippen molar-refractivity contribution < 1.29 is 0 Å². The fourth-order valence-electron chi connectivity index (χ4n) is 2.74. The first-order chi connectivity index (χ1) is 10.3. The quantitative estimate of drug-likeness (QED) is 0.926. The number of thiophene rings is 1. The zero-order chi connectivity index (χ0) is 15.9. The van der Waals surface area contributed by atoms with E-state index in [0.717, 1.165) is 36.6 Å². The minimum Gasteiger partial charge on any atom is -0.310 e. The predicted molar refractivity (Wildman–Crippen MR) is 90.4 cm³/mol. The van der Waals surface area contributed by atoms with Gasteiger partial charge in [0.05, 0.1) is 11.3 Å². The largest absolute Gasteiger partial charge is 0.310 e. The number of aryl methyl sites for hydroxylation is 1. The molecule has 3 heterocycles. The minimum atomic E-state index is -0.126. The van der Waals surface area contributed by atoms with Crippen molar-refractivity contribution in [1.29, 1.82) is 0 Å². The lowest BCUT2D eigenvalue weighted by Crippen LogP contribution is -2.37. The highest BCUT2D eigenvalue weighted by atomic mass is 32.1. The fraction of sp³-hybridized carbons (Fsp3) is 0.529. The van der Waals surface area contributed by atoms with E-state index in [2.05, 4.69) is 49.0 Å². The van der Waals surface area contributed by atoms with E-state index in [1.54, 1.807) is 11.3 Å². The van der Waals surface area contributed by atoms with Crippen LogP contribution in [0.15, 0.2) is 16.2 Å². The Labute approximate surface area is 135 Å². The third kappa shape index (κ3) is 3.01. The summed E-state index contributed by atoms with van der Waals surface area (Å²) in [5.74, 6) is 0.791. The molecule has 3 rings (SSSR count). The maximum atomic E-state index is 12.4. The third-order valence-electron chi connectivity index (χ3n) is 4.19. The van der Waals surface area contributed by atoms with Gasteiger partial charge in [0.1, 0.15) is 5.82 Å². The van der Waals surface area contributed by atoms with E-state index in [-0.39, 0.29) is 11.0 Å². The van der Waals surface area contributed by atoms with Gasteiger partial charge in [0, 0.05) is 36.3 Å². The standard InChI is InChI=1S/C17H23N3OS/c1-11-6-8-22-14(11)10-20-7-5-13-12(9-20)15(21)19-16(18-13)17(2,3)4/h6,8H,5,7,9-10H2,1-4H3,(H,18,19,21). The highest BCUT2D eigenvalue weighted by Crippen LogP contribution is 2.23. The Morgan fingerprint density at radius 2 is 2.18 bits per heavy atom. The van der Waals surface area contributed by atoms with Crippen molar-refractivity contribution in [3.05, 3.63) is 49.3 Å². The van der Waals surface area contributed by atoms with Gasteiger partial charge in [0.2, 0.25) is 0 Å². The van der Waals surface area contributed by atoms with Gasteiger partial charge in [-0.25, -0.2) is 4.98 Å². The molecule has 5 heteroatoms. The van der Waals surface area contributed by atoms with Crippen LogP contribution in [0.25, 0.3) is 0 Å². The summed E-state index contributed by atoms with van der Waals surface area (Å²) >= 11 is 1.79. The summed E-state index contributed by atoms with van der Waals surface area (Å²) in [5, 5.41) is 2.13. The zero-order valence-electron chi connectivity index (χ0n) is 13.7. The van der Waals surface area contributed by atoms with Crippen molar-refractivity contribution in [2.45, 2.75) is 52.6 Å². The zero-order valence-corrected chi connectivity index (χ0v) is 14.5. The van der Waals surface area contributed by atoms with E-state index in [0.29, 0.717) is 6.54 Å². The molecule has 0 fully saturated rings.